The fraction of sp³-hybridized carbons (Fsp3) is 0.227. The van der Waals surface area contributed by atoms with Gasteiger partial charge in [-0.15, -0.1) is 5.10 Å². The zero-order valence-corrected chi connectivity index (χ0v) is 17.7. The summed E-state index contributed by atoms with van der Waals surface area (Å²) in [6, 6.07) is 9.42. The third-order valence-electron chi connectivity index (χ3n) is 4.62. The van der Waals surface area contributed by atoms with Crippen molar-refractivity contribution in [2.75, 3.05) is 30.9 Å². The molecule has 2 heterocycles. The summed E-state index contributed by atoms with van der Waals surface area (Å²) in [5.74, 6) is -0.343. The molecule has 2 N–H and O–H groups in total. The Balaban J connectivity index is 1.86. The number of aromatic nitrogens is 3. The van der Waals surface area contributed by atoms with Gasteiger partial charge in [0.2, 0.25) is 0 Å². The van der Waals surface area contributed by atoms with Crippen molar-refractivity contribution in [2.45, 2.75) is 13.1 Å². The summed E-state index contributed by atoms with van der Waals surface area (Å²) in [6.07, 6.45) is -2.17. The van der Waals surface area contributed by atoms with Crippen LogP contribution in [-0.2, 0) is 10.9 Å². The summed E-state index contributed by atoms with van der Waals surface area (Å²) in [4.78, 5) is 16.8. The molecule has 0 unspecified atom stereocenters. The molecule has 0 spiro atoms. The first-order chi connectivity index (χ1) is 15.7. The SMILES string of the molecule is COCCNc1ncc(-c2cc(NC(=O)c3cnnc(C(F)(F)F)c3)ccc2C)cc1C#N. The molecule has 0 aliphatic rings. The van der Waals surface area contributed by atoms with E-state index in [4.69, 9.17) is 4.74 Å². The molecule has 170 valence electrons. The average molecular weight is 456 g/mol. The van der Waals surface area contributed by atoms with Gasteiger partial charge in [0.1, 0.15) is 11.9 Å². The van der Waals surface area contributed by atoms with E-state index in [2.05, 4.69) is 31.9 Å². The number of hydrogen-bond donors (Lipinski definition) is 2. The predicted molar refractivity (Wildman–Crippen MR) is 114 cm³/mol. The minimum absolute atomic E-state index is 0.278. The Bertz CT molecular complexity index is 1210. The second kappa shape index (κ2) is 10.1. The van der Waals surface area contributed by atoms with E-state index in [0.717, 1.165) is 11.8 Å². The first kappa shape index (κ1) is 23.6. The van der Waals surface area contributed by atoms with E-state index in [-0.39, 0.29) is 5.56 Å². The molecular weight excluding hydrogens is 437 g/mol. The minimum Gasteiger partial charge on any atom is -0.383 e. The van der Waals surface area contributed by atoms with Crippen molar-refractivity contribution in [3.63, 3.8) is 0 Å². The lowest BCUT2D eigenvalue weighted by Gasteiger charge is -2.13. The van der Waals surface area contributed by atoms with Crippen LogP contribution in [0.15, 0.2) is 42.7 Å². The summed E-state index contributed by atoms with van der Waals surface area (Å²) < 4.78 is 43.5. The minimum atomic E-state index is -4.71. The first-order valence-electron chi connectivity index (χ1n) is 9.68. The lowest BCUT2D eigenvalue weighted by Crippen LogP contribution is -2.16. The standard InChI is InChI=1S/C22H19F3N6O2/c1-13-3-4-17(30-21(32)16-8-19(22(23,24)25)31-29-12-16)9-18(13)15-7-14(10-26)20(28-11-15)27-5-6-33-2/h3-4,7-9,11-12H,5-6H2,1-2H3,(H,27,28)(H,30,32). The number of carbonyl (C=O) groups is 1. The Hall–Kier alpha value is -4.04. The first-order valence-corrected chi connectivity index (χ1v) is 9.68. The molecule has 0 saturated carbocycles. The van der Waals surface area contributed by atoms with Gasteiger partial charge in [0.05, 0.1) is 23.9 Å². The molecule has 3 aromatic rings. The van der Waals surface area contributed by atoms with Gasteiger partial charge in [-0.1, -0.05) is 6.07 Å². The van der Waals surface area contributed by atoms with Gasteiger partial charge in [-0.25, -0.2) is 4.98 Å². The highest BCUT2D eigenvalue weighted by Crippen LogP contribution is 2.30. The number of methoxy groups -OCH3 is 1. The lowest BCUT2D eigenvalue weighted by molar-refractivity contribution is -0.141. The molecule has 0 bridgehead atoms. The van der Waals surface area contributed by atoms with Crippen LogP contribution >= 0.6 is 0 Å². The number of nitriles is 1. The van der Waals surface area contributed by atoms with Gasteiger partial charge in [0.25, 0.3) is 5.91 Å². The Kier molecular flexibility index (Phi) is 7.20. The summed E-state index contributed by atoms with van der Waals surface area (Å²) in [7, 11) is 1.57. The highest BCUT2D eigenvalue weighted by Gasteiger charge is 2.33. The van der Waals surface area contributed by atoms with Crippen LogP contribution in [0, 0.1) is 18.3 Å². The molecule has 0 radical (unpaired) electrons. The molecule has 11 heteroatoms. The summed E-state index contributed by atoms with van der Waals surface area (Å²) >= 11 is 0. The highest BCUT2D eigenvalue weighted by molar-refractivity contribution is 6.04. The molecule has 8 nitrogen and oxygen atoms in total. The maximum Gasteiger partial charge on any atom is 0.435 e. The summed E-state index contributed by atoms with van der Waals surface area (Å²) in [6.45, 7) is 2.78. The third-order valence-corrected chi connectivity index (χ3v) is 4.62. The topological polar surface area (TPSA) is 113 Å². The number of nitrogens with zero attached hydrogens (tertiary/aromatic N) is 4. The Labute approximate surface area is 187 Å². The number of nitrogens with one attached hydrogen (secondary N) is 2. The largest absolute Gasteiger partial charge is 0.435 e. The van der Waals surface area contributed by atoms with Crippen LogP contribution in [0.1, 0.15) is 27.2 Å². The number of benzene rings is 1. The molecule has 0 aliphatic heterocycles. The van der Waals surface area contributed by atoms with Crippen molar-refractivity contribution >= 4 is 17.4 Å². The van der Waals surface area contributed by atoms with E-state index in [0.29, 0.717) is 47.4 Å². The van der Waals surface area contributed by atoms with Crippen LogP contribution in [0.4, 0.5) is 24.7 Å². The quantitative estimate of drug-likeness (QED) is 0.516. The van der Waals surface area contributed by atoms with Crippen molar-refractivity contribution in [1.82, 2.24) is 15.2 Å². The number of rotatable bonds is 7. The zero-order chi connectivity index (χ0) is 24.0. The van der Waals surface area contributed by atoms with E-state index >= 15 is 0 Å². The summed E-state index contributed by atoms with van der Waals surface area (Å²) in [5, 5.41) is 21.3. The molecule has 0 saturated heterocycles. The number of amides is 1. The van der Waals surface area contributed by atoms with E-state index in [1.807, 2.05) is 6.92 Å². The maximum atomic E-state index is 12.8. The van der Waals surface area contributed by atoms with Gasteiger partial charge in [-0.05, 0) is 42.3 Å². The number of anilines is 2. The second-order valence-corrected chi connectivity index (χ2v) is 6.96. The van der Waals surface area contributed by atoms with Gasteiger partial charge < -0.3 is 15.4 Å². The molecule has 0 aliphatic carbocycles. The summed E-state index contributed by atoms with van der Waals surface area (Å²) in [5.41, 5.74) is 1.34. The van der Waals surface area contributed by atoms with Crippen LogP contribution in [0.2, 0.25) is 0 Å². The molecule has 1 amide bonds. The number of carbonyl (C=O) groups excluding carboxylic acids is 1. The van der Waals surface area contributed by atoms with Crippen molar-refractivity contribution in [3.8, 4) is 17.2 Å². The van der Waals surface area contributed by atoms with Gasteiger partial charge in [0.15, 0.2) is 5.69 Å². The van der Waals surface area contributed by atoms with Crippen LogP contribution in [0.25, 0.3) is 11.1 Å². The monoisotopic (exact) mass is 456 g/mol. The maximum absolute atomic E-state index is 12.8. The molecule has 0 fully saturated rings. The number of alkyl halides is 3. The van der Waals surface area contributed by atoms with Gasteiger partial charge >= 0.3 is 6.18 Å². The highest BCUT2D eigenvalue weighted by atomic mass is 19.4. The van der Waals surface area contributed by atoms with Crippen LogP contribution in [-0.4, -0.2) is 41.3 Å². The zero-order valence-electron chi connectivity index (χ0n) is 17.7. The number of ether oxygens (including phenoxy) is 1. The number of halogens is 3. The average Bonchev–Trinajstić information content (AvgIpc) is 2.80. The van der Waals surface area contributed by atoms with E-state index in [1.165, 1.54) is 0 Å². The fourth-order valence-electron chi connectivity index (χ4n) is 2.95. The van der Waals surface area contributed by atoms with Crippen LogP contribution in [0.3, 0.4) is 0 Å². The molecule has 2 aromatic heterocycles. The Morgan fingerprint density at radius 2 is 2.00 bits per heavy atom. The van der Waals surface area contributed by atoms with Crippen molar-refractivity contribution < 1.29 is 22.7 Å². The smallest absolute Gasteiger partial charge is 0.383 e. The molecule has 33 heavy (non-hydrogen) atoms. The van der Waals surface area contributed by atoms with Gasteiger partial charge in [0, 0.05) is 31.1 Å². The van der Waals surface area contributed by atoms with E-state index < -0.39 is 17.8 Å². The predicted octanol–water partition coefficient (Wildman–Crippen LogP) is 4.05. The molecule has 1 aromatic carbocycles. The van der Waals surface area contributed by atoms with Gasteiger partial charge in [-0.2, -0.15) is 23.5 Å². The number of pyridine rings is 1. The lowest BCUT2D eigenvalue weighted by atomic mass is 10.00. The van der Waals surface area contributed by atoms with Crippen LogP contribution in [0.5, 0.6) is 0 Å². The van der Waals surface area contributed by atoms with Crippen LogP contribution < -0.4 is 10.6 Å². The molecular formula is C22H19F3N6O2. The van der Waals surface area contributed by atoms with Crippen molar-refractivity contribution in [3.05, 3.63) is 65.1 Å². The second-order valence-electron chi connectivity index (χ2n) is 6.96. The molecule has 0 atom stereocenters. The third kappa shape index (κ3) is 5.81. The number of hydrogen-bond acceptors (Lipinski definition) is 7. The Morgan fingerprint density at radius 3 is 2.70 bits per heavy atom. The normalized spacial score (nSPS) is 11.0. The van der Waals surface area contributed by atoms with Crippen molar-refractivity contribution in [1.29, 1.82) is 5.26 Å². The van der Waals surface area contributed by atoms with E-state index in [9.17, 15) is 23.2 Å². The van der Waals surface area contributed by atoms with E-state index in [1.54, 1.807) is 37.6 Å². The van der Waals surface area contributed by atoms with Crippen molar-refractivity contribution in [2.24, 2.45) is 0 Å². The fourth-order valence-corrected chi connectivity index (χ4v) is 2.95. The molecule has 3 rings (SSSR count). The Morgan fingerprint density at radius 1 is 1.21 bits per heavy atom. The number of aryl methyl sites for hydroxylation is 1. The van der Waals surface area contributed by atoms with Gasteiger partial charge in [-0.3, -0.25) is 4.79 Å².